The molecule has 5 rings (SSSR count). The van der Waals surface area contributed by atoms with Crippen LogP contribution in [0.3, 0.4) is 0 Å². The first-order chi connectivity index (χ1) is 23.3. The Morgan fingerprint density at radius 1 is 0.755 bits per heavy atom. The number of halogens is 5. The van der Waals surface area contributed by atoms with Crippen molar-refractivity contribution in [3.8, 4) is 5.75 Å². The fourth-order valence-electron chi connectivity index (χ4n) is 7.85. The van der Waals surface area contributed by atoms with Crippen LogP contribution in [0.15, 0.2) is 41.6 Å². The van der Waals surface area contributed by atoms with Crippen LogP contribution in [0.1, 0.15) is 149 Å². The van der Waals surface area contributed by atoms with Crippen molar-refractivity contribution in [2.45, 2.75) is 139 Å². The topological polar surface area (TPSA) is 82.0 Å². The lowest BCUT2D eigenvalue weighted by atomic mass is 9.72. The standard InChI is InChI=1S/C37H46F5NO5S/c1-2-47-30-20-18-28(19-21-30)35(36(38,39)40)43-48-49(45,46)37(41,42)34(44)24-33-31(26-14-8-4-9-15-26)22-29(25-12-6-3-7-13-25)23-32(33)27-16-10-5-11-17-27/h18-23,25-27H,2-17,24H2,1H3/b43-35+. The van der Waals surface area contributed by atoms with Crippen LogP contribution in [0.2, 0.25) is 0 Å². The molecule has 6 nitrogen and oxygen atoms in total. The fourth-order valence-corrected chi connectivity index (χ4v) is 8.47. The van der Waals surface area contributed by atoms with Crippen LogP contribution in [0.5, 0.6) is 5.75 Å². The van der Waals surface area contributed by atoms with E-state index in [1.165, 1.54) is 24.1 Å². The summed E-state index contributed by atoms with van der Waals surface area (Å²) in [6, 6.07) is 8.46. The van der Waals surface area contributed by atoms with Gasteiger partial charge in [0.25, 0.3) is 0 Å². The Bertz CT molecular complexity index is 1530. The summed E-state index contributed by atoms with van der Waals surface area (Å²) in [5.41, 5.74) is 0.834. The molecule has 270 valence electrons. The Balaban J connectivity index is 1.49. The first kappa shape index (κ1) is 37.2. The minimum Gasteiger partial charge on any atom is -0.494 e. The van der Waals surface area contributed by atoms with Crippen LogP contribution in [0.4, 0.5) is 22.0 Å². The van der Waals surface area contributed by atoms with Crippen molar-refractivity contribution >= 4 is 21.6 Å². The van der Waals surface area contributed by atoms with E-state index in [9.17, 15) is 26.4 Å². The summed E-state index contributed by atoms with van der Waals surface area (Å²) < 4.78 is 108. The quantitative estimate of drug-likeness (QED) is 0.124. The Kier molecular flexibility index (Phi) is 12.1. The summed E-state index contributed by atoms with van der Waals surface area (Å²) in [5.74, 6) is -1.26. The third-order valence-corrected chi connectivity index (χ3v) is 11.5. The predicted octanol–water partition coefficient (Wildman–Crippen LogP) is 10.2. The van der Waals surface area contributed by atoms with Gasteiger partial charge in [0, 0.05) is 12.0 Å². The molecule has 49 heavy (non-hydrogen) atoms. The van der Waals surface area contributed by atoms with Crippen LogP contribution in [-0.4, -0.2) is 38.0 Å². The van der Waals surface area contributed by atoms with Crippen molar-refractivity contribution in [2.75, 3.05) is 6.61 Å². The Labute approximate surface area is 285 Å². The number of benzene rings is 2. The van der Waals surface area contributed by atoms with E-state index in [1.807, 2.05) is 0 Å². The number of carbonyl (C=O) groups is 1. The van der Waals surface area contributed by atoms with Crippen molar-refractivity contribution in [1.82, 2.24) is 0 Å². The highest BCUT2D eigenvalue weighted by molar-refractivity contribution is 7.88. The molecule has 0 spiro atoms. The van der Waals surface area contributed by atoms with Crippen LogP contribution >= 0.6 is 0 Å². The molecule has 0 atom stereocenters. The normalized spacial score (nSPS) is 19.5. The number of carbonyl (C=O) groups excluding carboxylic acids is 1. The van der Waals surface area contributed by atoms with Gasteiger partial charge in [-0.25, -0.2) is 0 Å². The summed E-state index contributed by atoms with van der Waals surface area (Å²) in [6.07, 6.45) is 8.74. The minimum atomic E-state index is -6.26. The number of hydrogen-bond donors (Lipinski definition) is 0. The van der Waals surface area contributed by atoms with Crippen LogP contribution < -0.4 is 4.74 Å². The summed E-state index contributed by atoms with van der Waals surface area (Å²) >= 11 is 0. The molecule has 0 saturated heterocycles. The SMILES string of the molecule is CCOc1ccc(/C(=N\OS(=O)(=O)C(F)(F)C(=O)Cc2c(C3CCCCC3)cc(C3CCCCC3)cc2C2CCCCC2)C(F)(F)F)cc1. The molecule has 3 aliphatic carbocycles. The number of oxime groups is 1. The summed E-state index contributed by atoms with van der Waals surface area (Å²) in [5, 5.41) is -2.51. The van der Waals surface area contributed by atoms with E-state index in [0.717, 1.165) is 113 Å². The van der Waals surface area contributed by atoms with Gasteiger partial charge < -0.3 is 4.74 Å². The molecule has 0 aromatic heterocycles. The smallest absolute Gasteiger partial charge is 0.439 e. The van der Waals surface area contributed by atoms with Gasteiger partial charge in [0.2, 0.25) is 5.78 Å². The van der Waals surface area contributed by atoms with E-state index < -0.39 is 45.0 Å². The molecule has 0 heterocycles. The molecular formula is C37H46F5NO5S. The van der Waals surface area contributed by atoms with E-state index >= 15 is 8.78 Å². The summed E-state index contributed by atoms with van der Waals surface area (Å²) in [4.78, 5) is 13.5. The van der Waals surface area contributed by atoms with Crippen molar-refractivity contribution in [3.63, 3.8) is 0 Å². The van der Waals surface area contributed by atoms with Gasteiger partial charge in [0.1, 0.15) is 5.75 Å². The summed E-state index contributed by atoms with van der Waals surface area (Å²) in [6.45, 7) is 1.93. The highest BCUT2D eigenvalue weighted by Gasteiger charge is 2.55. The number of alkyl halides is 5. The van der Waals surface area contributed by atoms with Crippen molar-refractivity contribution in [1.29, 1.82) is 0 Å². The Morgan fingerprint density at radius 2 is 1.22 bits per heavy atom. The van der Waals surface area contributed by atoms with Gasteiger partial charge in [-0.1, -0.05) is 75.1 Å². The number of ketones is 1. The van der Waals surface area contributed by atoms with Crippen LogP contribution in [0, 0.1) is 0 Å². The molecule has 0 N–H and O–H groups in total. The second-order valence-corrected chi connectivity index (χ2v) is 15.3. The third-order valence-electron chi connectivity index (χ3n) is 10.4. The molecule has 3 aliphatic rings. The zero-order valence-corrected chi connectivity index (χ0v) is 28.8. The van der Waals surface area contributed by atoms with Crippen molar-refractivity contribution < 1.29 is 44.2 Å². The van der Waals surface area contributed by atoms with Gasteiger partial charge >= 0.3 is 21.5 Å². The van der Waals surface area contributed by atoms with Gasteiger partial charge in [0.15, 0.2) is 5.71 Å². The second kappa shape index (κ2) is 15.9. The van der Waals surface area contributed by atoms with E-state index in [2.05, 4.69) is 21.6 Å². The molecule has 0 radical (unpaired) electrons. The lowest BCUT2D eigenvalue weighted by Crippen LogP contribution is -2.40. The third kappa shape index (κ3) is 8.83. The number of rotatable bonds is 12. The van der Waals surface area contributed by atoms with Gasteiger partial charge in [-0.15, -0.1) is 0 Å². The van der Waals surface area contributed by atoms with E-state index in [1.54, 1.807) is 6.92 Å². The average molecular weight is 712 g/mol. The average Bonchev–Trinajstić information content (AvgIpc) is 3.09. The van der Waals surface area contributed by atoms with Crippen LogP contribution in [0.25, 0.3) is 0 Å². The maximum Gasteiger partial charge on any atom is 0.439 e. The molecule has 0 aliphatic heterocycles. The molecule has 12 heteroatoms. The zero-order valence-electron chi connectivity index (χ0n) is 28.0. The van der Waals surface area contributed by atoms with Gasteiger partial charge in [0.05, 0.1) is 6.61 Å². The zero-order chi connectivity index (χ0) is 35.2. The number of Topliss-reactive ketones (excluding diaryl/α,β-unsaturated/α-hetero) is 1. The molecule has 3 fully saturated rings. The van der Waals surface area contributed by atoms with Crippen molar-refractivity contribution in [2.24, 2.45) is 5.16 Å². The first-order valence-corrected chi connectivity index (χ1v) is 19.1. The molecular weight excluding hydrogens is 665 g/mol. The number of ether oxygens (including phenoxy) is 1. The summed E-state index contributed by atoms with van der Waals surface area (Å²) in [7, 11) is -6.26. The van der Waals surface area contributed by atoms with Gasteiger partial charge in [-0.2, -0.15) is 30.4 Å². The Morgan fingerprint density at radius 3 is 1.67 bits per heavy atom. The van der Waals surface area contributed by atoms with Gasteiger partial charge in [-0.3, -0.25) is 9.08 Å². The predicted molar refractivity (Wildman–Crippen MR) is 178 cm³/mol. The Hall–Kier alpha value is -3.02. The monoisotopic (exact) mass is 711 g/mol. The highest BCUT2D eigenvalue weighted by Crippen LogP contribution is 2.45. The second-order valence-electron chi connectivity index (χ2n) is 13.7. The fraction of sp³-hybridized carbons (Fsp3) is 0.622. The largest absolute Gasteiger partial charge is 0.494 e. The molecule has 2 aromatic carbocycles. The minimum absolute atomic E-state index is 0.0527. The molecule has 0 amide bonds. The maximum atomic E-state index is 15.7. The lowest BCUT2D eigenvalue weighted by Gasteiger charge is -2.32. The van der Waals surface area contributed by atoms with E-state index in [-0.39, 0.29) is 24.2 Å². The highest BCUT2D eigenvalue weighted by atomic mass is 32.2. The molecule has 3 saturated carbocycles. The first-order valence-electron chi connectivity index (χ1n) is 17.7. The maximum absolute atomic E-state index is 15.7. The van der Waals surface area contributed by atoms with Gasteiger partial charge in [-0.05, 0) is 110 Å². The molecule has 0 bridgehead atoms. The van der Waals surface area contributed by atoms with E-state index in [4.69, 9.17) is 4.74 Å². The number of hydrogen-bond acceptors (Lipinski definition) is 6. The number of nitrogens with zero attached hydrogens (tertiary/aromatic N) is 1. The van der Waals surface area contributed by atoms with Crippen molar-refractivity contribution in [3.05, 3.63) is 64.2 Å². The molecule has 2 aromatic rings. The van der Waals surface area contributed by atoms with Crippen LogP contribution in [-0.2, 0) is 25.6 Å². The van der Waals surface area contributed by atoms with E-state index in [0.29, 0.717) is 11.5 Å². The lowest BCUT2D eigenvalue weighted by molar-refractivity contribution is -0.133. The molecule has 0 unspecified atom stereocenters.